The van der Waals surface area contributed by atoms with Crippen LogP contribution in [0.15, 0.2) is 48.9 Å². The first-order valence-corrected chi connectivity index (χ1v) is 8.52. The van der Waals surface area contributed by atoms with E-state index in [2.05, 4.69) is 35.7 Å². The maximum absolute atomic E-state index is 13.5. The average Bonchev–Trinajstić information content (AvgIpc) is 3.19. The van der Waals surface area contributed by atoms with E-state index in [1.807, 2.05) is 29.1 Å². The molecule has 0 saturated carbocycles. The molecule has 4 rings (SSSR count). The fourth-order valence-corrected chi connectivity index (χ4v) is 2.93. The summed E-state index contributed by atoms with van der Waals surface area (Å²) in [5, 5.41) is 0. The highest BCUT2D eigenvalue weighted by molar-refractivity contribution is 5.74. The van der Waals surface area contributed by atoms with Crippen molar-refractivity contribution in [1.29, 1.82) is 0 Å². The molecule has 0 unspecified atom stereocenters. The molecule has 0 fully saturated rings. The fourth-order valence-electron chi connectivity index (χ4n) is 2.93. The molecule has 4 aromatic rings. The number of rotatable bonds is 3. The highest BCUT2D eigenvalue weighted by atomic mass is 19.1. The lowest BCUT2D eigenvalue weighted by atomic mass is 9.91. The van der Waals surface area contributed by atoms with Gasteiger partial charge in [-0.25, -0.2) is 14.4 Å². The van der Waals surface area contributed by atoms with Crippen molar-refractivity contribution < 1.29 is 4.39 Å². The Morgan fingerprint density at radius 1 is 1.15 bits per heavy atom. The molecule has 0 aliphatic rings. The van der Waals surface area contributed by atoms with E-state index in [-0.39, 0.29) is 11.2 Å². The molecule has 132 valence electrons. The molecule has 1 N–H and O–H groups in total. The van der Waals surface area contributed by atoms with E-state index in [0.717, 1.165) is 28.1 Å². The summed E-state index contributed by atoms with van der Waals surface area (Å²) in [6, 6.07) is 8.47. The van der Waals surface area contributed by atoms with E-state index in [1.165, 1.54) is 12.1 Å². The van der Waals surface area contributed by atoms with Crippen LogP contribution in [0.3, 0.4) is 0 Å². The summed E-state index contributed by atoms with van der Waals surface area (Å²) in [7, 11) is 0. The number of hydrogen-bond donors (Lipinski definition) is 1. The maximum atomic E-state index is 13.5. The first-order valence-electron chi connectivity index (χ1n) is 8.52. The Morgan fingerprint density at radius 2 is 2.00 bits per heavy atom. The molecule has 0 saturated heterocycles. The second-order valence-electron chi connectivity index (χ2n) is 7.41. The van der Waals surface area contributed by atoms with Crippen LogP contribution >= 0.6 is 0 Å². The Bertz CT molecular complexity index is 1070. The summed E-state index contributed by atoms with van der Waals surface area (Å²) < 4.78 is 15.5. The molecular formula is C20H20FN5. The number of imidazole rings is 2. The van der Waals surface area contributed by atoms with Crippen molar-refractivity contribution in [2.45, 2.75) is 32.7 Å². The van der Waals surface area contributed by atoms with Gasteiger partial charge in [-0.05, 0) is 18.2 Å². The third-order valence-electron chi connectivity index (χ3n) is 4.30. The van der Waals surface area contributed by atoms with E-state index in [4.69, 9.17) is 4.98 Å². The van der Waals surface area contributed by atoms with Gasteiger partial charge >= 0.3 is 0 Å². The Morgan fingerprint density at radius 3 is 2.77 bits per heavy atom. The van der Waals surface area contributed by atoms with Crippen LogP contribution in [0, 0.1) is 5.82 Å². The maximum Gasteiger partial charge on any atom is 0.140 e. The van der Waals surface area contributed by atoms with E-state index >= 15 is 0 Å². The largest absolute Gasteiger partial charge is 0.339 e. The van der Waals surface area contributed by atoms with Crippen LogP contribution in [0.4, 0.5) is 4.39 Å². The third-order valence-corrected chi connectivity index (χ3v) is 4.30. The number of benzene rings is 1. The molecule has 0 atom stereocenters. The van der Waals surface area contributed by atoms with E-state index in [1.54, 1.807) is 12.3 Å². The Balaban J connectivity index is 1.67. The van der Waals surface area contributed by atoms with Crippen molar-refractivity contribution in [2.24, 2.45) is 0 Å². The first kappa shape index (κ1) is 16.4. The number of fused-ring (bicyclic) bond motifs is 1. The van der Waals surface area contributed by atoms with Crippen LogP contribution in [-0.4, -0.2) is 24.5 Å². The second-order valence-corrected chi connectivity index (χ2v) is 7.41. The number of aromatic amines is 1. The number of nitrogens with one attached hydrogen (secondary N) is 1. The SMILES string of the molecule is CC(C)(C)c1cc2nc(Cn3ccnc3-c3cccc(F)c3)[nH]c2cn1. The van der Waals surface area contributed by atoms with Crippen LogP contribution in [0.5, 0.6) is 0 Å². The summed E-state index contributed by atoms with van der Waals surface area (Å²) in [5.74, 6) is 1.24. The number of halogens is 1. The summed E-state index contributed by atoms with van der Waals surface area (Å²) in [5.41, 5.74) is 3.52. The van der Waals surface area contributed by atoms with E-state index in [9.17, 15) is 4.39 Å². The van der Waals surface area contributed by atoms with Gasteiger partial charge in [0.15, 0.2) is 0 Å². The monoisotopic (exact) mass is 349 g/mol. The molecule has 0 amide bonds. The fraction of sp³-hybridized carbons (Fsp3) is 0.250. The highest BCUT2D eigenvalue weighted by Crippen LogP contribution is 2.24. The molecule has 3 aromatic heterocycles. The van der Waals surface area contributed by atoms with Crippen molar-refractivity contribution >= 4 is 11.0 Å². The molecule has 0 spiro atoms. The Hall–Kier alpha value is -3.02. The summed E-state index contributed by atoms with van der Waals surface area (Å²) in [6.45, 7) is 6.91. The summed E-state index contributed by atoms with van der Waals surface area (Å²) in [4.78, 5) is 16.9. The van der Waals surface area contributed by atoms with Gasteiger partial charge in [0.05, 0.1) is 23.8 Å². The normalized spacial score (nSPS) is 12.0. The van der Waals surface area contributed by atoms with Gasteiger partial charge in [-0.2, -0.15) is 0 Å². The lowest BCUT2D eigenvalue weighted by molar-refractivity contribution is 0.570. The molecule has 6 heteroatoms. The van der Waals surface area contributed by atoms with Gasteiger partial charge < -0.3 is 9.55 Å². The average molecular weight is 349 g/mol. The van der Waals surface area contributed by atoms with Crippen LogP contribution < -0.4 is 0 Å². The lowest BCUT2D eigenvalue weighted by Crippen LogP contribution is -2.12. The van der Waals surface area contributed by atoms with Crippen molar-refractivity contribution in [3.8, 4) is 11.4 Å². The molecular weight excluding hydrogens is 329 g/mol. The van der Waals surface area contributed by atoms with Crippen molar-refractivity contribution in [1.82, 2.24) is 24.5 Å². The lowest BCUT2D eigenvalue weighted by Gasteiger charge is -2.16. The third kappa shape index (κ3) is 3.10. The van der Waals surface area contributed by atoms with E-state index < -0.39 is 0 Å². The summed E-state index contributed by atoms with van der Waals surface area (Å²) in [6.07, 6.45) is 5.40. The van der Waals surface area contributed by atoms with Gasteiger partial charge in [0, 0.05) is 29.1 Å². The Labute approximate surface area is 151 Å². The van der Waals surface area contributed by atoms with Gasteiger partial charge in [0.2, 0.25) is 0 Å². The second kappa shape index (κ2) is 6.05. The molecule has 0 aliphatic heterocycles. The quantitative estimate of drug-likeness (QED) is 0.600. The zero-order valence-corrected chi connectivity index (χ0v) is 15.0. The number of H-pyrrole nitrogens is 1. The number of aromatic nitrogens is 5. The first-order chi connectivity index (χ1) is 12.4. The minimum absolute atomic E-state index is 0.0256. The van der Waals surface area contributed by atoms with Crippen LogP contribution in [0.2, 0.25) is 0 Å². The minimum atomic E-state index is -0.276. The molecule has 5 nitrogen and oxygen atoms in total. The van der Waals surface area contributed by atoms with Gasteiger partial charge in [0.25, 0.3) is 0 Å². The Kier molecular flexibility index (Phi) is 3.83. The van der Waals surface area contributed by atoms with Crippen LogP contribution in [0.1, 0.15) is 32.3 Å². The molecule has 0 radical (unpaired) electrons. The highest BCUT2D eigenvalue weighted by Gasteiger charge is 2.17. The standard InChI is InChI=1S/C20H20FN5/c1-20(2,3)17-10-15-16(11-23-17)25-18(24-15)12-26-8-7-22-19(26)13-5-4-6-14(21)9-13/h4-11H,12H2,1-3H3,(H,24,25). The number of pyridine rings is 1. The number of nitrogens with zero attached hydrogens (tertiary/aromatic N) is 4. The molecule has 1 aromatic carbocycles. The predicted octanol–water partition coefficient (Wildman–Crippen LogP) is 4.31. The minimum Gasteiger partial charge on any atom is -0.339 e. The smallest absolute Gasteiger partial charge is 0.140 e. The number of hydrogen-bond acceptors (Lipinski definition) is 3. The van der Waals surface area contributed by atoms with Gasteiger partial charge in [-0.3, -0.25) is 4.98 Å². The van der Waals surface area contributed by atoms with Crippen molar-refractivity contribution in [2.75, 3.05) is 0 Å². The predicted molar refractivity (Wildman–Crippen MR) is 99.3 cm³/mol. The van der Waals surface area contributed by atoms with E-state index in [0.29, 0.717) is 12.4 Å². The van der Waals surface area contributed by atoms with Crippen molar-refractivity contribution in [3.05, 3.63) is 66.3 Å². The summed E-state index contributed by atoms with van der Waals surface area (Å²) >= 11 is 0. The topological polar surface area (TPSA) is 59.4 Å². The van der Waals surface area contributed by atoms with Crippen LogP contribution in [-0.2, 0) is 12.0 Å². The van der Waals surface area contributed by atoms with Gasteiger partial charge in [0.1, 0.15) is 17.5 Å². The molecule has 3 heterocycles. The van der Waals surface area contributed by atoms with Gasteiger partial charge in [-0.15, -0.1) is 0 Å². The van der Waals surface area contributed by atoms with Gasteiger partial charge in [-0.1, -0.05) is 32.9 Å². The van der Waals surface area contributed by atoms with Crippen molar-refractivity contribution in [3.63, 3.8) is 0 Å². The molecule has 0 aliphatic carbocycles. The van der Waals surface area contributed by atoms with Crippen LogP contribution in [0.25, 0.3) is 22.4 Å². The zero-order chi connectivity index (χ0) is 18.3. The molecule has 26 heavy (non-hydrogen) atoms. The molecule has 0 bridgehead atoms. The zero-order valence-electron chi connectivity index (χ0n) is 15.0.